The summed E-state index contributed by atoms with van der Waals surface area (Å²) in [5, 5.41) is 0.694. The smallest absolute Gasteiger partial charge is 0.204 e. The van der Waals surface area contributed by atoms with E-state index in [4.69, 9.17) is 17.3 Å². The van der Waals surface area contributed by atoms with Crippen LogP contribution in [0.1, 0.15) is 11.3 Å². The van der Waals surface area contributed by atoms with E-state index in [1.165, 1.54) is 6.07 Å². The van der Waals surface area contributed by atoms with Gasteiger partial charge in [-0.2, -0.15) is 0 Å². The average molecular weight is 249 g/mol. The highest BCUT2D eigenvalue weighted by Crippen LogP contribution is 2.23. The molecule has 0 saturated heterocycles. The van der Waals surface area contributed by atoms with Crippen LogP contribution < -0.4 is 11.2 Å². The summed E-state index contributed by atoms with van der Waals surface area (Å²) < 4.78 is 1.87. The molecule has 2 rings (SSSR count). The SMILES string of the molecule is Cc1c(Cl)cccc1-n1cc(N)c(=O)cc1C. The fourth-order valence-electron chi connectivity index (χ4n) is 1.76. The Labute approximate surface area is 104 Å². The van der Waals surface area contributed by atoms with E-state index >= 15 is 0 Å². The maximum atomic E-state index is 11.4. The van der Waals surface area contributed by atoms with E-state index in [-0.39, 0.29) is 11.1 Å². The van der Waals surface area contributed by atoms with E-state index in [0.29, 0.717) is 5.02 Å². The number of nitrogens with zero attached hydrogens (tertiary/aromatic N) is 1. The number of aryl methyl sites for hydroxylation is 1. The molecule has 2 aromatic rings. The summed E-state index contributed by atoms with van der Waals surface area (Å²) >= 11 is 6.08. The highest BCUT2D eigenvalue weighted by Gasteiger charge is 2.07. The Bertz CT molecular complexity index is 632. The maximum absolute atomic E-state index is 11.4. The zero-order valence-electron chi connectivity index (χ0n) is 9.70. The molecule has 0 radical (unpaired) electrons. The van der Waals surface area contributed by atoms with E-state index in [2.05, 4.69) is 0 Å². The molecular weight excluding hydrogens is 236 g/mol. The lowest BCUT2D eigenvalue weighted by Gasteiger charge is -2.14. The Hall–Kier alpha value is -1.74. The molecule has 0 amide bonds. The van der Waals surface area contributed by atoms with Gasteiger partial charge in [-0.1, -0.05) is 17.7 Å². The van der Waals surface area contributed by atoms with Crippen molar-refractivity contribution >= 4 is 17.3 Å². The minimum Gasteiger partial charge on any atom is -0.394 e. The minimum atomic E-state index is -0.154. The third kappa shape index (κ3) is 2.06. The summed E-state index contributed by atoms with van der Waals surface area (Å²) in [6, 6.07) is 7.17. The molecule has 0 fully saturated rings. The van der Waals surface area contributed by atoms with Gasteiger partial charge in [0.15, 0.2) is 0 Å². The molecule has 0 aliphatic carbocycles. The Morgan fingerprint density at radius 1 is 1.29 bits per heavy atom. The number of nitrogen functional groups attached to an aromatic ring is 1. The lowest BCUT2D eigenvalue weighted by molar-refractivity contribution is 0.966. The summed E-state index contributed by atoms with van der Waals surface area (Å²) in [7, 11) is 0. The van der Waals surface area contributed by atoms with Crippen LogP contribution in [0.2, 0.25) is 5.02 Å². The van der Waals surface area contributed by atoms with Crippen molar-refractivity contribution < 1.29 is 0 Å². The van der Waals surface area contributed by atoms with Gasteiger partial charge >= 0.3 is 0 Å². The van der Waals surface area contributed by atoms with Gasteiger partial charge in [-0.25, -0.2) is 0 Å². The predicted molar refractivity (Wildman–Crippen MR) is 70.9 cm³/mol. The molecule has 0 atom stereocenters. The predicted octanol–water partition coefficient (Wildman–Crippen LogP) is 2.69. The maximum Gasteiger partial charge on any atom is 0.204 e. The zero-order chi connectivity index (χ0) is 12.6. The van der Waals surface area contributed by atoms with Gasteiger partial charge in [0.1, 0.15) is 0 Å². The summed E-state index contributed by atoms with van der Waals surface area (Å²) in [5.74, 6) is 0. The lowest BCUT2D eigenvalue weighted by atomic mass is 10.2. The Morgan fingerprint density at radius 3 is 2.71 bits per heavy atom. The van der Waals surface area contributed by atoms with Crippen molar-refractivity contribution in [3.63, 3.8) is 0 Å². The third-order valence-corrected chi connectivity index (χ3v) is 3.18. The first-order valence-electron chi connectivity index (χ1n) is 5.25. The van der Waals surface area contributed by atoms with Crippen LogP contribution >= 0.6 is 11.6 Å². The molecule has 1 aromatic carbocycles. The van der Waals surface area contributed by atoms with Crippen LogP contribution in [0.15, 0.2) is 35.3 Å². The molecule has 4 heteroatoms. The summed E-state index contributed by atoms with van der Waals surface area (Å²) in [6.07, 6.45) is 1.64. The van der Waals surface area contributed by atoms with Crippen LogP contribution in [0.3, 0.4) is 0 Å². The topological polar surface area (TPSA) is 48.0 Å². The number of aromatic nitrogens is 1. The van der Waals surface area contributed by atoms with E-state index in [9.17, 15) is 4.79 Å². The second-order valence-corrected chi connectivity index (χ2v) is 4.40. The van der Waals surface area contributed by atoms with E-state index in [1.54, 1.807) is 6.20 Å². The van der Waals surface area contributed by atoms with Gasteiger partial charge < -0.3 is 10.3 Å². The molecule has 2 N–H and O–H groups in total. The summed E-state index contributed by atoms with van der Waals surface area (Å²) in [6.45, 7) is 3.80. The van der Waals surface area contributed by atoms with E-state index in [0.717, 1.165) is 16.9 Å². The molecule has 0 aliphatic heterocycles. The summed E-state index contributed by atoms with van der Waals surface area (Å²) in [5.41, 5.74) is 8.44. The van der Waals surface area contributed by atoms with Crippen LogP contribution in [-0.4, -0.2) is 4.57 Å². The minimum absolute atomic E-state index is 0.154. The fraction of sp³-hybridized carbons (Fsp3) is 0.154. The number of anilines is 1. The number of hydrogen-bond acceptors (Lipinski definition) is 2. The highest BCUT2D eigenvalue weighted by atomic mass is 35.5. The average Bonchev–Trinajstić information content (AvgIpc) is 2.28. The van der Waals surface area contributed by atoms with Crippen molar-refractivity contribution in [2.75, 3.05) is 5.73 Å². The number of benzene rings is 1. The number of nitrogens with two attached hydrogens (primary N) is 1. The van der Waals surface area contributed by atoms with Crippen molar-refractivity contribution in [2.24, 2.45) is 0 Å². The Morgan fingerprint density at radius 2 is 2.00 bits per heavy atom. The number of halogens is 1. The lowest BCUT2D eigenvalue weighted by Crippen LogP contribution is -2.13. The van der Waals surface area contributed by atoms with Gasteiger partial charge in [-0.05, 0) is 31.5 Å². The standard InChI is InChI=1S/C13H13ClN2O/c1-8-6-13(17)11(15)7-16(8)12-5-3-4-10(14)9(12)2/h3-7H,15H2,1-2H3. The number of pyridine rings is 1. The highest BCUT2D eigenvalue weighted by molar-refractivity contribution is 6.31. The Kier molecular flexibility index (Phi) is 2.94. The van der Waals surface area contributed by atoms with Crippen molar-refractivity contribution in [3.05, 3.63) is 57.0 Å². The van der Waals surface area contributed by atoms with Crippen LogP contribution in [0.25, 0.3) is 5.69 Å². The van der Waals surface area contributed by atoms with Crippen molar-refractivity contribution in [2.45, 2.75) is 13.8 Å². The van der Waals surface area contributed by atoms with Gasteiger partial charge in [-0.15, -0.1) is 0 Å². The molecule has 88 valence electrons. The molecule has 0 unspecified atom stereocenters. The van der Waals surface area contributed by atoms with Gasteiger partial charge in [-0.3, -0.25) is 4.79 Å². The molecule has 0 bridgehead atoms. The molecule has 1 aromatic heterocycles. The van der Waals surface area contributed by atoms with Gasteiger partial charge in [0.2, 0.25) is 5.43 Å². The third-order valence-electron chi connectivity index (χ3n) is 2.77. The molecule has 3 nitrogen and oxygen atoms in total. The largest absolute Gasteiger partial charge is 0.394 e. The first-order valence-corrected chi connectivity index (χ1v) is 5.63. The quantitative estimate of drug-likeness (QED) is 0.844. The van der Waals surface area contributed by atoms with Crippen molar-refractivity contribution in [1.82, 2.24) is 4.57 Å². The first-order chi connectivity index (χ1) is 8.00. The number of rotatable bonds is 1. The zero-order valence-corrected chi connectivity index (χ0v) is 10.5. The molecule has 0 aliphatic rings. The second-order valence-electron chi connectivity index (χ2n) is 3.99. The fourth-order valence-corrected chi connectivity index (χ4v) is 1.93. The normalized spacial score (nSPS) is 10.5. The van der Waals surface area contributed by atoms with Crippen LogP contribution in [0, 0.1) is 13.8 Å². The second kappa shape index (κ2) is 4.26. The first kappa shape index (κ1) is 11.7. The molecule has 0 spiro atoms. The summed E-state index contributed by atoms with van der Waals surface area (Å²) in [4.78, 5) is 11.4. The monoisotopic (exact) mass is 248 g/mol. The van der Waals surface area contributed by atoms with Crippen molar-refractivity contribution in [1.29, 1.82) is 0 Å². The van der Waals surface area contributed by atoms with E-state index in [1.807, 2.05) is 36.6 Å². The van der Waals surface area contributed by atoms with E-state index < -0.39 is 0 Å². The van der Waals surface area contributed by atoms with Gasteiger partial charge in [0, 0.05) is 28.7 Å². The molecule has 0 saturated carbocycles. The molecule has 17 heavy (non-hydrogen) atoms. The van der Waals surface area contributed by atoms with Crippen LogP contribution in [0.4, 0.5) is 5.69 Å². The molecule has 1 heterocycles. The van der Waals surface area contributed by atoms with Gasteiger partial charge in [0.25, 0.3) is 0 Å². The van der Waals surface area contributed by atoms with Crippen LogP contribution in [0.5, 0.6) is 0 Å². The molecular formula is C13H13ClN2O. The van der Waals surface area contributed by atoms with Gasteiger partial charge in [0.05, 0.1) is 5.69 Å². The Balaban J connectivity index is 2.73. The number of hydrogen-bond donors (Lipinski definition) is 1. The van der Waals surface area contributed by atoms with Crippen LogP contribution in [-0.2, 0) is 0 Å². The van der Waals surface area contributed by atoms with Crippen molar-refractivity contribution in [3.8, 4) is 5.69 Å².